The Labute approximate surface area is 205 Å². The van der Waals surface area contributed by atoms with Gasteiger partial charge in [-0.2, -0.15) is 0 Å². The Hall–Kier alpha value is -1.91. The predicted molar refractivity (Wildman–Crippen MR) is 139 cm³/mol. The van der Waals surface area contributed by atoms with E-state index in [1.807, 2.05) is 6.08 Å². The van der Waals surface area contributed by atoms with E-state index in [0.717, 1.165) is 38.5 Å². The number of aliphatic hydroxyl groups excluding tert-OH is 1. The van der Waals surface area contributed by atoms with Crippen LogP contribution >= 0.6 is 0 Å². The monoisotopic (exact) mass is 465 g/mol. The fourth-order valence-electron chi connectivity index (χ4n) is 7.84. The average molecular weight is 466 g/mol. The van der Waals surface area contributed by atoms with Crippen LogP contribution in [-0.4, -0.2) is 42.3 Å². The second-order valence-electron chi connectivity index (χ2n) is 11.4. The van der Waals surface area contributed by atoms with E-state index in [9.17, 15) is 15.0 Å². The number of fused-ring (bicyclic) bond motifs is 4. The van der Waals surface area contributed by atoms with Gasteiger partial charge in [0, 0.05) is 44.1 Å². The molecule has 186 valence electrons. The normalized spacial score (nSPS) is 34.6. The lowest BCUT2D eigenvalue weighted by Crippen LogP contribution is -2.51. The Morgan fingerprint density at radius 1 is 1.09 bits per heavy atom. The van der Waals surface area contributed by atoms with Crippen LogP contribution in [0.3, 0.4) is 0 Å². The van der Waals surface area contributed by atoms with Crippen molar-refractivity contribution >= 4 is 11.5 Å². The number of benzene rings is 1. The van der Waals surface area contributed by atoms with Crippen LogP contribution in [0.4, 0.5) is 5.69 Å². The molecule has 5 atom stereocenters. The smallest absolute Gasteiger partial charge is 0.156 e. The molecule has 4 nitrogen and oxygen atoms in total. The van der Waals surface area contributed by atoms with Gasteiger partial charge in [-0.15, -0.1) is 0 Å². The summed E-state index contributed by atoms with van der Waals surface area (Å²) < 4.78 is 0. The Morgan fingerprint density at radius 3 is 2.50 bits per heavy atom. The molecule has 0 aromatic heterocycles. The first-order valence-corrected chi connectivity index (χ1v) is 12.8. The summed E-state index contributed by atoms with van der Waals surface area (Å²) in [5.41, 5.74) is 5.98. The standard InChI is InChI=1S/C29H39NO3.CH4/c1-28-18-25(19-5-8-21(9-6-19)30(2)3)27-23-12-10-22(32)17-20(23)7-11-24(27)26(28)13-15-29(28,33)14-4-16-31;/h5-6,8-9,17,24-26,31,33H,4,7,10-16,18H2,1-3H3;1H4. The van der Waals surface area contributed by atoms with E-state index >= 15 is 0 Å². The predicted octanol–water partition coefficient (Wildman–Crippen LogP) is 5.79. The van der Waals surface area contributed by atoms with Gasteiger partial charge < -0.3 is 15.1 Å². The topological polar surface area (TPSA) is 60.8 Å². The second kappa shape index (κ2) is 9.28. The third-order valence-electron chi connectivity index (χ3n) is 9.62. The van der Waals surface area contributed by atoms with Crippen LogP contribution < -0.4 is 4.90 Å². The van der Waals surface area contributed by atoms with E-state index in [4.69, 9.17) is 0 Å². The van der Waals surface area contributed by atoms with E-state index in [1.54, 1.807) is 5.57 Å². The van der Waals surface area contributed by atoms with Gasteiger partial charge in [0.05, 0.1) is 5.60 Å². The summed E-state index contributed by atoms with van der Waals surface area (Å²) in [6, 6.07) is 8.98. The summed E-state index contributed by atoms with van der Waals surface area (Å²) in [5, 5.41) is 21.4. The Kier molecular flexibility index (Phi) is 6.87. The summed E-state index contributed by atoms with van der Waals surface area (Å²) in [7, 11) is 4.14. The number of carbonyl (C=O) groups is 1. The molecule has 0 amide bonds. The first kappa shape index (κ1) is 25.2. The number of nitrogens with zero attached hydrogens (tertiary/aromatic N) is 1. The van der Waals surface area contributed by atoms with Crippen molar-refractivity contribution in [2.24, 2.45) is 17.3 Å². The van der Waals surface area contributed by atoms with Crippen LogP contribution in [0.15, 0.2) is 47.1 Å². The lowest BCUT2D eigenvalue weighted by Gasteiger charge is -2.55. The summed E-state index contributed by atoms with van der Waals surface area (Å²) in [6.07, 6.45) is 9.68. The van der Waals surface area contributed by atoms with Crippen molar-refractivity contribution < 1.29 is 15.0 Å². The molecule has 4 aliphatic rings. The molecular formula is C30H43NO3. The first-order chi connectivity index (χ1) is 15.8. The molecule has 2 saturated carbocycles. The highest BCUT2D eigenvalue weighted by molar-refractivity contribution is 5.93. The fraction of sp³-hybridized carbons (Fsp3) is 0.633. The van der Waals surface area contributed by atoms with Gasteiger partial charge in [0.2, 0.25) is 0 Å². The molecule has 4 aliphatic carbocycles. The number of allylic oxidation sites excluding steroid dienone is 4. The van der Waals surface area contributed by atoms with Crippen molar-refractivity contribution in [3.05, 3.63) is 52.6 Å². The number of carbonyl (C=O) groups excluding carboxylic acids is 1. The zero-order chi connectivity index (χ0) is 23.4. The number of aliphatic hydroxyl groups is 2. The molecule has 1 aromatic carbocycles. The third kappa shape index (κ3) is 3.87. The first-order valence-electron chi connectivity index (χ1n) is 12.8. The molecule has 0 saturated heterocycles. The molecule has 5 rings (SSSR count). The summed E-state index contributed by atoms with van der Waals surface area (Å²) in [4.78, 5) is 14.3. The Morgan fingerprint density at radius 2 is 1.82 bits per heavy atom. The largest absolute Gasteiger partial charge is 0.396 e. The highest BCUT2D eigenvalue weighted by atomic mass is 16.3. The minimum Gasteiger partial charge on any atom is -0.396 e. The molecule has 34 heavy (non-hydrogen) atoms. The van der Waals surface area contributed by atoms with Crippen LogP contribution in [-0.2, 0) is 4.79 Å². The molecule has 2 N–H and O–H groups in total. The van der Waals surface area contributed by atoms with Crippen LogP contribution in [0.2, 0.25) is 0 Å². The minimum atomic E-state index is -0.711. The molecule has 0 aliphatic heterocycles. The number of rotatable bonds is 5. The van der Waals surface area contributed by atoms with Crippen molar-refractivity contribution in [3.63, 3.8) is 0 Å². The van der Waals surface area contributed by atoms with Gasteiger partial charge >= 0.3 is 0 Å². The van der Waals surface area contributed by atoms with Gasteiger partial charge in [-0.05, 0) is 98.1 Å². The summed E-state index contributed by atoms with van der Waals surface area (Å²) in [5.74, 6) is 1.50. The van der Waals surface area contributed by atoms with Crippen molar-refractivity contribution in [2.75, 3.05) is 25.6 Å². The maximum absolute atomic E-state index is 12.2. The molecule has 0 radical (unpaired) electrons. The zero-order valence-corrected chi connectivity index (χ0v) is 20.4. The van der Waals surface area contributed by atoms with E-state index in [-0.39, 0.29) is 31.1 Å². The highest BCUT2D eigenvalue weighted by Gasteiger charge is 2.62. The van der Waals surface area contributed by atoms with E-state index < -0.39 is 5.60 Å². The van der Waals surface area contributed by atoms with Crippen molar-refractivity contribution in [2.45, 2.75) is 83.7 Å². The lowest BCUT2D eigenvalue weighted by atomic mass is 9.51. The molecule has 1 aromatic rings. The molecule has 0 spiro atoms. The molecule has 5 unspecified atom stereocenters. The Bertz CT molecular complexity index is 991. The van der Waals surface area contributed by atoms with E-state index in [0.29, 0.717) is 31.1 Å². The van der Waals surface area contributed by atoms with Gasteiger partial charge in [0.1, 0.15) is 0 Å². The van der Waals surface area contributed by atoms with Gasteiger partial charge in [-0.25, -0.2) is 0 Å². The maximum Gasteiger partial charge on any atom is 0.156 e. The maximum atomic E-state index is 12.2. The molecule has 2 fully saturated rings. The summed E-state index contributed by atoms with van der Waals surface area (Å²) in [6.45, 7) is 2.47. The number of hydrogen-bond donors (Lipinski definition) is 2. The summed E-state index contributed by atoms with van der Waals surface area (Å²) >= 11 is 0. The number of ketones is 1. The molecular weight excluding hydrogens is 422 g/mol. The van der Waals surface area contributed by atoms with E-state index in [2.05, 4.69) is 50.2 Å². The molecule has 0 heterocycles. The quantitative estimate of drug-likeness (QED) is 0.578. The number of anilines is 1. The highest BCUT2D eigenvalue weighted by Crippen LogP contribution is 2.67. The van der Waals surface area contributed by atoms with Crippen LogP contribution in [0.1, 0.15) is 83.6 Å². The van der Waals surface area contributed by atoms with Crippen molar-refractivity contribution in [1.82, 2.24) is 0 Å². The molecule has 4 heteroatoms. The fourth-order valence-corrected chi connectivity index (χ4v) is 7.84. The van der Waals surface area contributed by atoms with Crippen molar-refractivity contribution in [3.8, 4) is 0 Å². The second-order valence-corrected chi connectivity index (χ2v) is 11.4. The number of hydrogen-bond acceptors (Lipinski definition) is 4. The van der Waals surface area contributed by atoms with Crippen molar-refractivity contribution in [1.29, 1.82) is 0 Å². The van der Waals surface area contributed by atoms with Crippen LogP contribution in [0.25, 0.3) is 0 Å². The van der Waals surface area contributed by atoms with Gasteiger partial charge in [0.25, 0.3) is 0 Å². The van der Waals surface area contributed by atoms with Crippen LogP contribution in [0, 0.1) is 17.3 Å². The third-order valence-corrected chi connectivity index (χ3v) is 9.62. The van der Waals surface area contributed by atoms with Gasteiger partial charge in [-0.3, -0.25) is 4.79 Å². The van der Waals surface area contributed by atoms with Gasteiger partial charge in [-0.1, -0.05) is 32.1 Å². The SMILES string of the molecule is C.CN(C)c1ccc(C2CC3(C)C(CCC3(O)CCCO)C3CCC4=CC(=O)CCC4=C23)cc1. The lowest BCUT2D eigenvalue weighted by molar-refractivity contribution is -0.114. The molecule has 0 bridgehead atoms. The minimum absolute atomic E-state index is 0. The average Bonchev–Trinajstić information content (AvgIpc) is 3.07. The Balaban J connectivity index is 0.00000274. The van der Waals surface area contributed by atoms with Crippen LogP contribution in [0.5, 0.6) is 0 Å². The zero-order valence-electron chi connectivity index (χ0n) is 20.4. The van der Waals surface area contributed by atoms with Gasteiger partial charge in [0.15, 0.2) is 5.78 Å². The van der Waals surface area contributed by atoms with E-state index in [1.165, 1.54) is 22.4 Å².